The molecular weight excluding hydrogens is 380 g/mol. The van der Waals surface area contributed by atoms with Crippen molar-refractivity contribution in [1.29, 1.82) is 0 Å². The van der Waals surface area contributed by atoms with E-state index in [0.717, 1.165) is 23.9 Å². The maximum Gasteiger partial charge on any atom is 0.261 e. The number of rotatable bonds is 5. The van der Waals surface area contributed by atoms with Crippen molar-refractivity contribution in [2.45, 2.75) is 18.9 Å². The molecule has 0 saturated carbocycles. The molecule has 30 heavy (non-hydrogen) atoms. The predicted octanol–water partition coefficient (Wildman–Crippen LogP) is 2.36. The Bertz CT molecular complexity index is 1100. The Balaban J connectivity index is 1.29. The highest BCUT2D eigenvalue weighted by Gasteiger charge is 2.23. The Morgan fingerprint density at radius 1 is 1.00 bits per heavy atom. The number of nitrogens with one attached hydrogen (secondary N) is 3. The number of pyridine rings is 1. The maximum absolute atomic E-state index is 12.6. The molecule has 2 aromatic carbocycles. The molecule has 0 aliphatic carbocycles. The second-order valence-electron chi connectivity index (χ2n) is 7.54. The number of nitrogens with zero attached hydrogens (tertiary/aromatic N) is 1. The monoisotopic (exact) mass is 404 g/mol. The van der Waals surface area contributed by atoms with Crippen molar-refractivity contribution in [3.05, 3.63) is 76.6 Å². The van der Waals surface area contributed by atoms with E-state index in [1.807, 2.05) is 54.6 Å². The van der Waals surface area contributed by atoms with Crippen LogP contribution < -0.4 is 16.2 Å². The van der Waals surface area contributed by atoms with Gasteiger partial charge in [-0.3, -0.25) is 19.3 Å². The van der Waals surface area contributed by atoms with Gasteiger partial charge in [0.1, 0.15) is 5.56 Å². The van der Waals surface area contributed by atoms with Crippen LogP contribution in [0.1, 0.15) is 23.2 Å². The van der Waals surface area contributed by atoms with Crippen LogP contribution in [0.3, 0.4) is 0 Å². The van der Waals surface area contributed by atoms with Crippen LogP contribution >= 0.6 is 0 Å². The first kappa shape index (κ1) is 19.8. The van der Waals surface area contributed by atoms with Gasteiger partial charge in [0, 0.05) is 30.3 Å². The van der Waals surface area contributed by atoms with E-state index in [-0.39, 0.29) is 29.0 Å². The van der Waals surface area contributed by atoms with E-state index in [4.69, 9.17) is 0 Å². The van der Waals surface area contributed by atoms with E-state index in [1.165, 1.54) is 0 Å². The van der Waals surface area contributed by atoms with E-state index >= 15 is 0 Å². The summed E-state index contributed by atoms with van der Waals surface area (Å²) in [6, 6.07) is 18.4. The molecule has 0 spiro atoms. The van der Waals surface area contributed by atoms with Crippen molar-refractivity contribution in [3.63, 3.8) is 0 Å². The molecular formula is C23H24N4O3. The Morgan fingerprint density at radius 3 is 2.47 bits per heavy atom. The summed E-state index contributed by atoms with van der Waals surface area (Å²) < 4.78 is 0. The molecule has 7 heteroatoms. The van der Waals surface area contributed by atoms with Crippen molar-refractivity contribution in [1.82, 2.24) is 15.2 Å². The summed E-state index contributed by atoms with van der Waals surface area (Å²) in [5.41, 5.74) is 1.23. The van der Waals surface area contributed by atoms with Crippen LogP contribution in [0.2, 0.25) is 0 Å². The Kier molecular flexibility index (Phi) is 5.90. The number of piperidine rings is 1. The lowest BCUT2D eigenvalue weighted by Gasteiger charge is -2.31. The second kappa shape index (κ2) is 8.92. The minimum atomic E-state index is -0.388. The van der Waals surface area contributed by atoms with Gasteiger partial charge in [-0.2, -0.15) is 0 Å². The van der Waals surface area contributed by atoms with Gasteiger partial charge in [0.05, 0.1) is 6.54 Å². The highest BCUT2D eigenvalue weighted by Crippen LogP contribution is 2.13. The summed E-state index contributed by atoms with van der Waals surface area (Å²) in [7, 11) is 0. The third kappa shape index (κ3) is 4.75. The Hall–Kier alpha value is -3.45. The molecule has 0 atom stereocenters. The predicted molar refractivity (Wildman–Crippen MR) is 117 cm³/mol. The largest absolute Gasteiger partial charge is 0.349 e. The molecule has 1 aromatic heterocycles. The summed E-state index contributed by atoms with van der Waals surface area (Å²) in [5, 5.41) is 6.68. The van der Waals surface area contributed by atoms with Crippen LogP contribution in [0, 0.1) is 0 Å². The van der Waals surface area contributed by atoms with Gasteiger partial charge >= 0.3 is 0 Å². The average Bonchev–Trinajstić information content (AvgIpc) is 2.75. The van der Waals surface area contributed by atoms with Crippen molar-refractivity contribution in [2.75, 3.05) is 25.0 Å². The molecule has 7 nitrogen and oxygen atoms in total. The minimum absolute atomic E-state index is 0.0168. The third-order valence-electron chi connectivity index (χ3n) is 5.35. The molecule has 3 aromatic rings. The highest BCUT2D eigenvalue weighted by molar-refractivity contribution is 5.97. The molecule has 154 valence electrons. The number of hydrogen-bond acceptors (Lipinski definition) is 4. The van der Waals surface area contributed by atoms with E-state index in [0.29, 0.717) is 25.2 Å². The van der Waals surface area contributed by atoms with Crippen molar-refractivity contribution < 1.29 is 9.59 Å². The highest BCUT2D eigenvalue weighted by atomic mass is 16.2. The summed E-state index contributed by atoms with van der Waals surface area (Å²) in [5.74, 6) is -0.409. The van der Waals surface area contributed by atoms with Crippen LogP contribution in [-0.2, 0) is 4.79 Å². The van der Waals surface area contributed by atoms with Gasteiger partial charge in [-0.15, -0.1) is 0 Å². The number of aromatic nitrogens is 1. The molecule has 3 N–H and O–H groups in total. The number of likely N-dealkylation sites (tertiary alicyclic amines) is 1. The van der Waals surface area contributed by atoms with Crippen LogP contribution in [-0.4, -0.2) is 47.4 Å². The molecule has 0 bridgehead atoms. The van der Waals surface area contributed by atoms with Gasteiger partial charge in [0.2, 0.25) is 5.91 Å². The van der Waals surface area contributed by atoms with Gasteiger partial charge in [-0.05, 0) is 42.5 Å². The SMILES string of the molecule is O=C(CN1CCC(NC(=O)c2cc3ccccc3[nH]c2=O)CC1)Nc1ccccc1. The van der Waals surface area contributed by atoms with Crippen LogP contribution in [0.15, 0.2) is 65.5 Å². The van der Waals surface area contributed by atoms with Crippen molar-refractivity contribution in [3.8, 4) is 0 Å². The first-order chi connectivity index (χ1) is 14.6. The number of anilines is 1. The van der Waals surface area contributed by atoms with Gasteiger partial charge in [-0.25, -0.2) is 0 Å². The number of H-pyrrole nitrogens is 1. The normalized spacial score (nSPS) is 15.1. The van der Waals surface area contributed by atoms with Crippen LogP contribution in [0.25, 0.3) is 10.9 Å². The van der Waals surface area contributed by atoms with E-state index in [9.17, 15) is 14.4 Å². The molecule has 0 unspecified atom stereocenters. The summed E-state index contributed by atoms with van der Waals surface area (Å²) in [4.78, 5) is 41.9. The number of benzene rings is 2. The zero-order chi connectivity index (χ0) is 20.9. The number of carbonyl (C=O) groups is 2. The number of amides is 2. The number of hydrogen-bond donors (Lipinski definition) is 3. The van der Waals surface area contributed by atoms with Crippen LogP contribution in [0.4, 0.5) is 5.69 Å². The molecule has 1 aliphatic heterocycles. The summed E-state index contributed by atoms with van der Waals surface area (Å²) in [6.45, 7) is 1.74. The fourth-order valence-electron chi connectivity index (χ4n) is 3.74. The topological polar surface area (TPSA) is 94.3 Å². The summed E-state index contributed by atoms with van der Waals surface area (Å²) in [6.07, 6.45) is 1.46. The number of fused-ring (bicyclic) bond motifs is 1. The molecule has 1 fully saturated rings. The number of aromatic amines is 1. The van der Waals surface area contributed by atoms with Gasteiger partial charge in [0.25, 0.3) is 11.5 Å². The van der Waals surface area contributed by atoms with Gasteiger partial charge < -0.3 is 15.6 Å². The van der Waals surface area contributed by atoms with E-state index in [1.54, 1.807) is 6.07 Å². The zero-order valence-electron chi connectivity index (χ0n) is 16.6. The average molecular weight is 404 g/mol. The van der Waals surface area contributed by atoms with Crippen molar-refractivity contribution in [2.24, 2.45) is 0 Å². The fourth-order valence-corrected chi connectivity index (χ4v) is 3.74. The van der Waals surface area contributed by atoms with Crippen LogP contribution in [0.5, 0.6) is 0 Å². The fraction of sp³-hybridized carbons (Fsp3) is 0.261. The van der Waals surface area contributed by atoms with Gasteiger partial charge in [-0.1, -0.05) is 36.4 Å². The smallest absolute Gasteiger partial charge is 0.261 e. The number of carbonyl (C=O) groups excluding carboxylic acids is 2. The molecule has 4 rings (SSSR count). The lowest BCUT2D eigenvalue weighted by atomic mass is 10.0. The van der Waals surface area contributed by atoms with E-state index < -0.39 is 0 Å². The minimum Gasteiger partial charge on any atom is -0.349 e. The molecule has 0 radical (unpaired) electrons. The maximum atomic E-state index is 12.6. The Labute approximate surface area is 174 Å². The molecule has 2 amide bonds. The summed E-state index contributed by atoms with van der Waals surface area (Å²) >= 11 is 0. The number of para-hydroxylation sites is 2. The van der Waals surface area contributed by atoms with Crippen molar-refractivity contribution >= 4 is 28.4 Å². The standard InChI is InChI=1S/C23H24N4O3/c28-21(24-17-7-2-1-3-8-17)15-27-12-10-18(11-13-27)25-22(29)19-14-16-6-4-5-9-20(16)26-23(19)30/h1-9,14,18H,10-13,15H2,(H,24,28)(H,25,29)(H,26,30). The van der Waals surface area contributed by atoms with Gasteiger partial charge in [0.15, 0.2) is 0 Å². The first-order valence-electron chi connectivity index (χ1n) is 10.1. The second-order valence-corrected chi connectivity index (χ2v) is 7.54. The first-order valence-corrected chi connectivity index (χ1v) is 10.1. The quantitative estimate of drug-likeness (QED) is 0.609. The third-order valence-corrected chi connectivity index (χ3v) is 5.35. The zero-order valence-corrected chi connectivity index (χ0v) is 16.6. The molecule has 1 aliphatic rings. The van der Waals surface area contributed by atoms with E-state index in [2.05, 4.69) is 20.5 Å². The molecule has 2 heterocycles. The lowest BCUT2D eigenvalue weighted by molar-refractivity contribution is -0.117. The lowest BCUT2D eigenvalue weighted by Crippen LogP contribution is -2.47. The molecule has 1 saturated heterocycles. The Morgan fingerprint density at radius 2 is 1.70 bits per heavy atom.